The monoisotopic (exact) mass is 258 g/mol. The number of anilines is 1. The maximum Gasteiger partial charge on any atom is 0.251 e. The van der Waals surface area contributed by atoms with Gasteiger partial charge in [0, 0.05) is 24.2 Å². The lowest BCUT2D eigenvalue weighted by atomic mass is 9.93. The fourth-order valence-electron chi connectivity index (χ4n) is 2.13. The highest BCUT2D eigenvalue weighted by Crippen LogP contribution is 2.20. The Balaban J connectivity index is 1.97. The molecule has 100 valence electrons. The maximum atomic E-state index is 12.0. The second-order valence-electron chi connectivity index (χ2n) is 4.63. The van der Waals surface area contributed by atoms with E-state index in [0.29, 0.717) is 5.56 Å². The van der Waals surface area contributed by atoms with E-state index in [-0.39, 0.29) is 17.7 Å². The molecule has 1 aromatic rings. The first-order chi connectivity index (χ1) is 9.20. The molecule has 2 amide bonds. The van der Waals surface area contributed by atoms with E-state index in [9.17, 15) is 9.59 Å². The number of carbonyl (C=O) groups excluding carboxylic acids is 2. The molecule has 1 aliphatic rings. The third kappa shape index (κ3) is 3.44. The number of allylic oxidation sites excluding steroid dienone is 2. The topological polar surface area (TPSA) is 58.2 Å². The smallest absolute Gasteiger partial charge is 0.251 e. The van der Waals surface area contributed by atoms with Crippen LogP contribution in [0.3, 0.4) is 0 Å². The molecule has 0 radical (unpaired) electrons. The third-order valence-electron chi connectivity index (χ3n) is 3.28. The molecule has 4 heteroatoms. The minimum absolute atomic E-state index is 0.0528. The summed E-state index contributed by atoms with van der Waals surface area (Å²) in [7, 11) is 1.59. The van der Waals surface area contributed by atoms with Gasteiger partial charge in [0.25, 0.3) is 5.91 Å². The van der Waals surface area contributed by atoms with E-state index >= 15 is 0 Å². The lowest BCUT2D eigenvalue weighted by Gasteiger charge is -2.17. The maximum absolute atomic E-state index is 12.0. The Kier molecular flexibility index (Phi) is 4.34. The minimum Gasteiger partial charge on any atom is -0.355 e. The van der Waals surface area contributed by atoms with Crippen molar-refractivity contribution in [2.24, 2.45) is 5.92 Å². The summed E-state index contributed by atoms with van der Waals surface area (Å²) in [5.41, 5.74) is 1.31. The van der Waals surface area contributed by atoms with E-state index in [1.807, 2.05) is 0 Å². The van der Waals surface area contributed by atoms with Gasteiger partial charge in [0.15, 0.2) is 0 Å². The molecule has 0 bridgehead atoms. The largest absolute Gasteiger partial charge is 0.355 e. The molecule has 2 N–H and O–H groups in total. The van der Waals surface area contributed by atoms with E-state index in [4.69, 9.17) is 0 Å². The molecule has 0 saturated carbocycles. The van der Waals surface area contributed by atoms with Gasteiger partial charge < -0.3 is 10.6 Å². The van der Waals surface area contributed by atoms with Crippen LogP contribution in [0.25, 0.3) is 0 Å². The summed E-state index contributed by atoms with van der Waals surface area (Å²) in [6.45, 7) is 0. The van der Waals surface area contributed by atoms with Crippen molar-refractivity contribution in [2.45, 2.75) is 19.3 Å². The van der Waals surface area contributed by atoms with Crippen LogP contribution in [-0.2, 0) is 4.79 Å². The molecular weight excluding hydrogens is 240 g/mol. The quantitative estimate of drug-likeness (QED) is 0.818. The zero-order valence-electron chi connectivity index (χ0n) is 11.0. The lowest BCUT2D eigenvalue weighted by Crippen LogP contribution is -2.23. The van der Waals surface area contributed by atoms with E-state index in [1.165, 1.54) is 0 Å². The average molecular weight is 258 g/mol. The first-order valence-electron chi connectivity index (χ1n) is 6.48. The lowest BCUT2D eigenvalue weighted by molar-refractivity contribution is -0.120. The average Bonchev–Trinajstić information content (AvgIpc) is 2.48. The van der Waals surface area contributed by atoms with E-state index in [2.05, 4.69) is 22.8 Å². The highest BCUT2D eigenvalue weighted by molar-refractivity contribution is 5.96. The summed E-state index contributed by atoms with van der Waals surface area (Å²) < 4.78 is 0. The zero-order valence-corrected chi connectivity index (χ0v) is 11.0. The molecule has 1 aliphatic carbocycles. The van der Waals surface area contributed by atoms with Crippen molar-refractivity contribution in [3.05, 3.63) is 42.0 Å². The molecule has 1 aromatic carbocycles. The molecule has 0 heterocycles. The number of benzene rings is 1. The third-order valence-corrected chi connectivity index (χ3v) is 3.28. The van der Waals surface area contributed by atoms with Crippen LogP contribution in [0.2, 0.25) is 0 Å². The highest BCUT2D eigenvalue weighted by Gasteiger charge is 2.18. The van der Waals surface area contributed by atoms with Gasteiger partial charge in [-0.25, -0.2) is 0 Å². The highest BCUT2D eigenvalue weighted by atomic mass is 16.2. The van der Waals surface area contributed by atoms with Crippen molar-refractivity contribution < 1.29 is 9.59 Å². The van der Waals surface area contributed by atoms with Gasteiger partial charge >= 0.3 is 0 Å². The molecule has 0 aliphatic heterocycles. The minimum atomic E-state index is -0.129. The Morgan fingerprint density at radius 2 is 1.89 bits per heavy atom. The molecule has 1 atom stereocenters. The van der Waals surface area contributed by atoms with Crippen molar-refractivity contribution in [2.75, 3.05) is 12.4 Å². The van der Waals surface area contributed by atoms with Crippen LogP contribution in [0.1, 0.15) is 29.6 Å². The Morgan fingerprint density at radius 1 is 1.16 bits per heavy atom. The van der Waals surface area contributed by atoms with Crippen LogP contribution in [0.15, 0.2) is 36.4 Å². The van der Waals surface area contributed by atoms with Crippen LogP contribution in [0.4, 0.5) is 5.69 Å². The number of rotatable bonds is 3. The van der Waals surface area contributed by atoms with Crippen LogP contribution in [0, 0.1) is 5.92 Å². The summed E-state index contributed by atoms with van der Waals surface area (Å²) >= 11 is 0. The summed E-state index contributed by atoms with van der Waals surface area (Å²) in [5.74, 6) is -0.0176. The Bertz CT molecular complexity index is 491. The van der Waals surface area contributed by atoms with Crippen molar-refractivity contribution in [1.29, 1.82) is 0 Å². The number of amides is 2. The van der Waals surface area contributed by atoms with Gasteiger partial charge in [-0.2, -0.15) is 0 Å². The first kappa shape index (κ1) is 13.3. The Morgan fingerprint density at radius 3 is 2.47 bits per heavy atom. The predicted molar refractivity (Wildman–Crippen MR) is 74.9 cm³/mol. The summed E-state index contributed by atoms with van der Waals surface area (Å²) in [6, 6.07) is 6.91. The fourth-order valence-corrected chi connectivity index (χ4v) is 2.13. The second kappa shape index (κ2) is 6.18. The summed E-state index contributed by atoms with van der Waals surface area (Å²) in [5, 5.41) is 5.45. The van der Waals surface area contributed by atoms with Gasteiger partial charge in [-0.3, -0.25) is 9.59 Å². The van der Waals surface area contributed by atoms with E-state index in [0.717, 1.165) is 24.9 Å². The number of hydrogen-bond donors (Lipinski definition) is 2. The Labute approximate surface area is 112 Å². The molecule has 0 spiro atoms. The zero-order chi connectivity index (χ0) is 13.7. The van der Waals surface area contributed by atoms with Gasteiger partial charge in [0.1, 0.15) is 0 Å². The van der Waals surface area contributed by atoms with Gasteiger partial charge in [-0.1, -0.05) is 12.2 Å². The normalized spacial score (nSPS) is 17.8. The summed E-state index contributed by atoms with van der Waals surface area (Å²) in [4.78, 5) is 23.4. The number of hydrogen-bond acceptors (Lipinski definition) is 2. The van der Waals surface area contributed by atoms with Crippen LogP contribution >= 0.6 is 0 Å². The predicted octanol–water partition coefficient (Wildman–Crippen LogP) is 2.34. The molecule has 2 rings (SSSR count). The fraction of sp³-hybridized carbons (Fsp3) is 0.333. The van der Waals surface area contributed by atoms with Crippen molar-refractivity contribution in [3.63, 3.8) is 0 Å². The number of carbonyl (C=O) groups is 2. The molecule has 19 heavy (non-hydrogen) atoms. The van der Waals surface area contributed by atoms with Crippen molar-refractivity contribution in [1.82, 2.24) is 5.32 Å². The van der Waals surface area contributed by atoms with E-state index in [1.54, 1.807) is 31.3 Å². The van der Waals surface area contributed by atoms with Crippen LogP contribution < -0.4 is 10.6 Å². The molecule has 0 unspecified atom stereocenters. The van der Waals surface area contributed by atoms with Crippen molar-refractivity contribution in [3.8, 4) is 0 Å². The van der Waals surface area contributed by atoms with Crippen LogP contribution in [-0.4, -0.2) is 18.9 Å². The van der Waals surface area contributed by atoms with E-state index < -0.39 is 0 Å². The SMILES string of the molecule is CNC(=O)c1ccc(NC(=O)[C@H]2CC=CCC2)cc1. The van der Waals surface area contributed by atoms with Gasteiger partial charge in [0.2, 0.25) is 5.91 Å². The molecule has 0 saturated heterocycles. The molecule has 0 aromatic heterocycles. The second-order valence-corrected chi connectivity index (χ2v) is 4.63. The van der Waals surface area contributed by atoms with Crippen molar-refractivity contribution >= 4 is 17.5 Å². The molecule has 4 nitrogen and oxygen atoms in total. The first-order valence-corrected chi connectivity index (χ1v) is 6.48. The Hall–Kier alpha value is -2.10. The van der Waals surface area contributed by atoms with Gasteiger partial charge in [-0.05, 0) is 43.5 Å². The van der Waals surface area contributed by atoms with Crippen LogP contribution in [0.5, 0.6) is 0 Å². The van der Waals surface area contributed by atoms with Gasteiger partial charge in [0.05, 0.1) is 0 Å². The number of nitrogens with one attached hydrogen (secondary N) is 2. The molecule has 0 fully saturated rings. The molecular formula is C15H18N2O2. The van der Waals surface area contributed by atoms with Gasteiger partial charge in [-0.15, -0.1) is 0 Å². The summed E-state index contributed by atoms with van der Waals surface area (Å²) in [6.07, 6.45) is 6.85. The standard InChI is InChI=1S/C15H18N2O2/c1-16-14(18)12-7-9-13(10-8-12)17-15(19)11-5-3-2-4-6-11/h2-3,7-11H,4-6H2,1H3,(H,16,18)(H,17,19)/t11-/m0/s1.